The van der Waals surface area contributed by atoms with Crippen molar-refractivity contribution in [3.8, 4) is 11.4 Å². The van der Waals surface area contributed by atoms with Crippen LogP contribution in [-0.2, 0) is 34.6 Å². The molecule has 3 rings (SSSR count). The van der Waals surface area contributed by atoms with Gasteiger partial charge in [-0.2, -0.15) is 0 Å². The van der Waals surface area contributed by atoms with Gasteiger partial charge in [0.05, 0.1) is 23.3 Å². The lowest BCUT2D eigenvalue weighted by Gasteiger charge is -2.17. The molecule has 0 fully saturated rings. The molecule has 2 heterocycles. The van der Waals surface area contributed by atoms with E-state index in [2.05, 4.69) is 25.3 Å². The fourth-order valence-corrected chi connectivity index (χ4v) is 4.02. The number of nitrogens with zero attached hydrogens (tertiary/aromatic N) is 4. The van der Waals surface area contributed by atoms with Crippen molar-refractivity contribution in [1.29, 1.82) is 0 Å². The predicted octanol–water partition coefficient (Wildman–Crippen LogP) is 3.96. The van der Waals surface area contributed by atoms with Crippen LogP contribution < -0.4 is 10.0 Å². The molecule has 1 aromatic carbocycles. The number of halogens is 2. The van der Waals surface area contributed by atoms with E-state index in [1.807, 2.05) is 6.92 Å². The molecule has 0 aliphatic rings. The highest BCUT2D eigenvalue weighted by molar-refractivity contribution is 7.92. The van der Waals surface area contributed by atoms with Crippen LogP contribution in [0.4, 0.5) is 25.1 Å². The molecule has 13 heteroatoms. The van der Waals surface area contributed by atoms with Gasteiger partial charge in [-0.3, -0.25) is 10.0 Å². The van der Waals surface area contributed by atoms with Crippen molar-refractivity contribution in [2.24, 2.45) is 7.05 Å². The summed E-state index contributed by atoms with van der Waals surface area (Å²) in [5.41, 5.74) is 1.44. The van der Waals surface area contributed by atoms with Crippen LogP contribution in [0.1, 0.15) is 43.7 Å². The molecule has 0 aliphatic carbocycles. The fraction of sp³-hybridized carbons (Fsp3) is 0.364. The Morgan fingerprint density at radius 3 is 2.54 bits per heavy atom. The smallest absolute Gasteiger partial charge is 0.413 e. The third kappa shape index (κ3) is 6.10. The second kappa shape index (κ2) is 10.3. The Morgan fingerprint density at radius 1 is 1.20 bits per heavy atom. The quantitative estimate of drug-likeness (QED) is 0.471. The van der Waals surface area contributed by atoms with E-state index in [0.29, 0.717) is 23.5 Å². The van der Waals surface area contributed by atoms with Crippen molar-refractivity contribution in [3.05, 3.63) is 52.7 Å². The Kier molecular flexibility index (Phi) is 7.68. The highest BCUT2D eigenvalue weighted by Crippen LogP contribution is 2.28. The Bertz CT molecular complexity index is 1360. The van der Waals surface area contributed by atoms with Gasteiger partial charge in [0, 0.05) is 12.6 Å². The van der Waals surface area contributed by atoms with Crippen molar-refractivity contribution in [2.45, 2.75) is 39.7 Å². The summed E-state index contributed by atoms with van der Waals surface area (Å²) < 4.78 is 60.7. The number of sulfonamides is 1. The SMILES string of the molecule is CCc1cc(F)cc([C@@H](C)OC(=O)Nc2c(-c3ccc(NS(C)(=O)=O)c(CC)n3)nnn2C)c1F. The van der Waals surface area contributed by atoms with Crippen molar-refractivity contribution in [2.75, 3.05) is 16.3 Å². The zero-order valence-electron chi connectivity index (χ0n) is 19.9. The Hall–Kier alpha value is -3.61. The maximum absolute atomic E-state index is 14.6. The Labute approximate surface area is 201 Å². The fourth-order valence-electron chi connectivity index (χ4n) is 3.44. The first kappa shape index (κ1) is 26.0. The molecule has 1 amide bonds. The van der Waals surface area contributed by atoms with E-state index in [4.69, 9.17) is 4.74 Å². The summed E-state index contributed by atoms with van der Waals surface area (Å²) in [5.74, 6) is -1.11. The van der Waals surface area contributed by atoms with Crippen LogP contribution in [0.5, 0.6) is 0 Å². The van der Waals surface area contributed by atoms with Crippen LogP contribution in [0.25, 0.3) is 11.4 Å². The number of ether oxygens (including phenoxy) is 1. The van der Waals surface area contributed by atoms with E-state index < -0.39 is 33.9 Å². The number of carbonyl (C=O) groups excluding carboxylic acids is 1. The third-order valence-electron chi connectivity index (χ3n) is 5.14. The van der Waals surface area contributed by atoms with E-state index in [0.717, 1.165) is 18.4 Å². The molecule has 1 atom stereocenters. The number of rotatable bonds is 8. The number of pyridine rings is 1. The molecule has 0 saturated heterocycles. The van der Waals surface area contributed by atoms with Crippen LogP contribution in [0.3, 0.4) is 0 Å². The summed E-state index contributed by atoms with van der Waals surface area (Å²) in [6.45, 7) is 4.93. The average Bonchev–Trinajstić information content (AvgIpc) is 3.14. The molecule has 3 aromatic rings. The molecular formula is C22H26F2N6O4S. The number of benzene rings is 1. The van der Waals surface area contributed by atoms with Crippen molar-refractivity contribution in [1.82, 2.24) is 20.0 Å². The van der Waals surface area contributed by atoms with Crippen molar-refractivity contribution in [3.63, 3.8) is 0 Å². The summed E-state index contributed by atoms with van der Waals surface area (Å²) in [6, 6.07) is 5.17. The molecule has 0 radical (unpaired) electrons. The van der Waals surface area contributed by atoms with E-state index in [1.165, 1.54) is 24.7 Å². The third-order valence-corrected chi connectivity index (χ3v) is 5.73. The second-order valence-electron chi connectivity index (χ2n) is 7.82. The maximum atomic E-state index is 14.6. The van der Waals surface area contributed by atoms with E-state index in [9.17, 15) is 22.0 Å². The zero-order chi connectivity index (χ0) is 25.9. The molecule has 2 aromatic heterocycles. The van der Waals surface area contributed by atoms with Crippen LogP contribution in [0.2, 0.25) is 0 Å². The van der Waals surface area contributed by atoms with E-state index in [-0.39, 0.29) is 29.1 Å². The number of aryl methyl sites for hydroxylation is 3. The first-order chi connectivity index (χ1) is 16.4. The van der Waals surface area contributed by atoms with E-state index in [1.54, 1.807) is 13.0 Å². The zero-order valence-corrected chi connectivity index (χ0v) is 20.7. The molecule has 0 bridgehead atoms. The molecule has 0 saturated carbocycles. The van der Waals surface area contributed by atoms with Gasteiger partial charge in [-0.15, -0.1) is 5.10 Å². The standard InChI is InChI=1S/C22H26F2N6O4S/c1-6-13-10-14(23)11-15(19(13)24)12(3)34-22(31)26-21-20(27-29-30(21)4)18-9-8-17(16(7-2)25-18)28-35(5,32)33/h8-12,28H,6-7H2,1-5H3,(H,26,31)/t12-/m1/s1. The minimum Gasteiger partial charge on any atom is -0.441 e. The monoisotopic (exact) mass is 508 g/mol. The summed E-state index contributed by atoms with van der Waals surface area (Å²) in [4.78, 5) is 17.0. The molecule has 0 unspecified atom stereocenters. The molecule has 188 valence electrons. The summed E-state index contributed by atoms with van der Waals surface area (Å²) in [6.07, 6.45) is -0.266. The van der Waals surface area contributed by atoms with Gasteiger partial charge in [-0.05, 0) is 49.6 Å². The highest BCUT2D eigenvalue weighted by atomic mass is 32.2. The largest absolute Gasteiger partial charge is 0.441 e. The minimum atomic E-state index is -3.50. The maximum Gasteiger partial charge on any atom is 0.413 e. The predicted molar refractivity (Wildman–Crippen MR) is 126 cm³/mol. The van der Waals surface area contributed by atoms with Gasteiger partial charge in [0.1, 0.15) is 17.7 Å². The number of amides is 1. The van der Waals surface area contributed by atoms with Gasteiger partial charge in [-0.1, -0.05) is 19.1 Å². The van der Waals surface area contributed by atoms with Gasteiger partial charge in [0.2, 0.25) is 10.0 Å². The van der Waals surface area contributed by atoms with Crippen LogP contribution >= 0.6 is 0 Å². The van der Waals surface area contributed by atoms with Crippen LogP contribution in [0, 0.1) is 11.6 Å². The molecule has 35 heavy (non-hydrogen) atoms. The van der Waals surface area contributed by atoms with Gasteiger partial charge < -0.3 is 4.74 Å². The van der Waals surface area contributed by atoms with Gasteiger partial charge in [0.15, 0.2) is 11.5 Å². The van der Waals surface area contributed by atoms with E-state index >= 15 is 0 Å². The molecule has 0 aliphatic heterocycles. The lowest BCUT2D eigenvalue weighted by Crippen LogP contribution is -2.19. The number of hydrogen-bond acceptors (Lipinski definition) is 7. The number of nitrogens with one attached hydrogen (secondary N) is 2. The lowest BCUT2D eigenvalue weighted by atomic mass is 10.0. The number of carbonyl (C=O) groups is 1. The summed E-state index contributed by atoms with van der Waals surface area (Å²) >= 11 is 0. The van der Waals surface area contributed by atoms with Crippen molar-refractivity contribution < 1.29 is 26.7 Å². The second-order valence-corrected chi connectivity index (χ2v) is 9.57. The van der Waals surface area contributed by atoms with Gasteiger partial charge in [0.25, 0.3) is 0 Å². The minimum absolute atomic E-state index is 0.0800. The highest BCUT2D eigenvalue weighted by Gasteiger charge is 2.23. The molecular weight excluding hydrogens is 482 g/mol. The summed E-state index contributed by atoms with van der Waals surface area (Å²) in [5, 5.41) is 10.5. The van der Waals surface area contributed by atoms with Gasteiger partial charge in [-0.25, -0.2) is 31.7 Å². The average molecular weight is 509 g/mol. The number of aromatic nitrogens is 4. The molecule has 0 spiro atoms. The Balaban J connectivity index is 1.84. The van der Waals surface area contributed by atoms with Crippen molar-refractivity contribution >= 4 is 27.6 Å². The molecule has 10 nitrogen and oxygen atoms in total. The number of anilines is 2. The normalized spacial score (nSPS) is 12.3. The number of hydrogen-bond donors (Lipinski definition) is 2. The van der Waals surface area contributed by atoms with Crippen LogP contribution in [-0.4, -0.2) is 40.7 Å². The van der Waals surface area contributed by atoms with Crippen LogP contribution in [0.15, 0.2) is 24.3 Å². The van der Waals surface area contributed by atoms with Gasteiger partial charge >= 0.3 is 6.09 Å². The molecule has 2 N–H and O–H groups in total. The Morgan fingerprint density at radius 2 is 1.91 bits per heavy atom. The lowest BCUT2D eigenvalue weighted by molar-refractivity contribution is 0.118. The first-order valence-electron chi connectivity index (χ1n) is 10.8. The first-order valence-corrected chi connectivity index (χ1v) is 12.7. The summed E-state index contributed by atoms with van der Waals surface area (Å²) in [7, 11) is -1.96. The topological polar surface area (TPSA) is 128 Å².